The zero-order valence-corrected chi connectivity index (χ0v) is 9.78. The molecule has 0 spiro atoms. The van der Waals surface area contributed by atoms with Gasteiger partial charge in [0.15, 0.2) is 0 Å². The van der Waals surface area contributed by atoms with Crippen LogP contribution in [0.4, 0.5) is 13.2 Å². The number of hydrogen-bond donors (Lipinski definition) is 2. The van der Waals surface area contributed by atoms with Crippen LogP contribution in [0, 0.1) is 0 Å². The van der Waals surface area contributed by atoms with E-state index in [1.165, 1.54) is 6.07 Å². The molecule has 102 valence electrons. The van der Waals surface area contributed by atoms with E-state index < -0.39 is 29.3 Å². The van der Waals surface area contributed by atoms with Crippen molar-refractivity contribution >= 4 is 18.0 Å². The Morgan fingerprint density at radius 3 is 2.42 bits per heavy atom. The number of rotatable bonds is 3. The summed E-state index contributed by atoms with van der Waals surface area (Å²) >= 11 is 0. The average molecular weight is 273 g/mol. The van der Waals surface area contributed by atoms with E-state index in [2.05, 4.69) is 0 Å². The molecule has 0 aromatic heterocycles. The number of benzene rings is 1. The third-order valence-corrected chi connectivity index (χ3v) is 2.07. The molecule has 4 nitrogen and oxygen atoms in total. The topological polar surface area (TPSA) is 66.4 Å². The minimum absolute atomic E-state index is 0.0287. The summed E-state index contributed by atoms with van der Waals surface area (Å²) in [4.78, 5) is 21.6. The van der Waals surface area contributed by atoms with Gasteiger partial charge in [0.05, 0.1) is 5.56 Å². The zero-order valence-electron chi connectivity index (χ0n) is 9.78. The Hall–Kier alpha value is -2.31. The number of halogens is 3. The first kappa shape index (κ1) is 14.7. The van der Waals surface area contributed by atoms with E-state index in [4.69, 9.17) is 5.11 Å². The highest BCUT2D eigenvalue weighted by Gasteiger charge is 2.30. The number of carboxylic acid groups (broad SMARTS) is 1. The van der Waals surface area contributed by atoms with Crippen LogP contribution in [-0.4, -0.2) is 17.0 Å². The molecule has 0 heterocycles. The van der Waals surface area contributed by atoms with Crippen LogP contribution < -0.4 is 5.32 Å². The van der Waals surface area contributed by atoms with Crippen LogP contribution in [-0.2, 0) is 15.8 Å². The first-order valence-electron chi connectivity index (χ1n) is 5.10. The zero-order chi connectivity index (χ0) is 14.6. The van der Waals surface area contributed by atoms with Crippen molar-refractivity contribution in [1.82, 2.24) is 5.32 Å². The molecule has 0 saturated carbocycles. The number of alkyl halides is 3. The second kappa shape index (κ2) is 5.55. The second-order valence-corrected chi connectivity index (χ2v) is 3.67. The highest BCUT2D eigenvalue weighted by Crippen LogP contribution is 2.29. The van der Waals surface area contributed by atoms with Crippen molar-refractivity contribution in [1.29, 1.82) is 0 Å². The van der Waals surface area contributed by atoms with Crippen LogP contribution in [0.2, 0.25) is 0 Å². The van der Waals surface area contributed by atoms with Gasteiger partial charge < -0.3 is 10.4 Å². The fourth-order valence-electron chi connectivity index (χ4n) is 1.31. The van der Waals surface area contributed by atoms with Crippen molar-refractivity contribution in [2.45, 2.75) is 13.1 Å². The summed E-state index contributed by atoms with van der Waals surface area (Å²) in [5, 5.41) is 10.8. The van der Waals surface area contributed by atoms with Crippen LogP contribution >= 0.6 is 0 Å². The molecular formula is C12H10F3NO3. The van der Waals surface area contributed by atoms with E-state index in [0.29, 0.717) is 0 Å². The molecule has 0 unspecified atom stereocenters. The van der Waals surface area contributed by atoms with Gasteiger partial charge in [0, 0.05) is 6.92 Å². The van der Waals surface area contributed by atoms with Crippen molar-refractivity contribution in [2.75, 3.05) is 0 Å². The number of aliphatic carboxylic acids is 1. The van der Waals surface area contributed by atoms with Gasteiger partial charge in [0.2, 0.25) is 5.91 Å². The summed E-state index contributed by atoms with van der Waals surface area (Å²) in [5.74, 6) is -2.06. The SMILES string of the molecule is CC(=O)N/C(=C\c1cccc(C(F)(F)F)c1)C(=O)O. The van der Waals surface area contributed by atoms with Crippen molar-refractivity contribution in [3.05, 3.63) is 41.1 Å². The molecule has 0 aliphatic rings. The fourth-order valence-corrected chi connectivity index (χ4v) is 1.31. The first-order chi connectivity index (χ1) is 8.70. The third-order valence-electron chi connectivity index (χ3n) is 2.07. The molecule has 2 N–H and O–H groups in total. The maximum absolute atomic E-state index is 12.5. The molecule has 0 fully saturated rings. The van der Waals surface area contributed by atoms with Gasteiger partial charge in [-0.3, -0.25) is 4.79 Å². The van der Waals surface area contributed by atoms with Crippen molar-refractivity contribution in [2.24, 2.45) is 0 Å². The van der Waals surface area contributed by atoms with Crippen LogP contribution in [0.25, 0.3) is 6.08 Å². The molecule has 1 aromatic carbocycles. The Morgan fingerprint density at radius 2 is 1.95 bits per heavy atom. The standard InChI is InChI=1S/C12H10F3NO3/c1-7(17)16-10(11(18)19)6-8-3-2-4-9(5-8)12(13,14)15/h2-6H,1H3,(H,16,17)(H,18,19)/b10-6-. The summed E-state index contributed by atoms with van der Waals surface area (Å²) in [5.41, 5.74) is -1.36. The lowest BCUT2D eigenvalue weighted by molar-refractivity contribution is -0.137. The van der Waals surface area contributed by atoms with Crippen LogP contribution in [0.1, 0.15) is 18.1 Å². The van der Waals surface area contributed by atoms with Gasteiger partial charge in [-0.15, -0.1) is 0 Å². The van der Waals surface area contributed by atoms with Gasteiger partial charge in [0.1, 0.15) is 5.70 Å². The van der Waals surface area contributed by atoms with Crippen molar-refractivity contribution in [3.8, 4) is 0 Å². The lowest BCUT2D eigenvalue weighted by Gasteiger charge is -2.07. The van der Waals surface area contributed by atoms with E-state index >= 15 is 0 Å². The predicted octanol–water partition coefficient (Wildman–Crippen LogP) is 2.27. The Bertz CT molecular complexity index is 535. The van der Waals surface area contributed by atoms with E-state index in [1.54, 1.807) is 0 Å². The number of carboxylic acids is 1. The molecular weight excluding hydrogens is 263 g/mol. The first-order valence-corrected chi connectivity index (χ1v) is 5.10. The van der Waals surface area contributed by atoms with Gasteiger partial charge in [-0.25, -0.2) is 4.79 Å². The van der Waals surface area contributed by atoms with Gasteiger partial charge in [0.25, 0.3) is 0 Å². The highest BCUT2D eigenvalue weighted by molar-refractivity contribution is 5.96. The maximum atomic E-state index is 12.5. The quantitative estimate of drug-likeness (QED) is 0.830. The molecule has 1 amide bonds. The number of amides is 1. The largest absolute Gasteiger partial charge is 0.477 e. The lowest BCUT2D eigenvalue weighted by atomic mass is 10.1. The van der Waals surface area contributed by atoms with Crippen LogP contribution in [0.15, 0.2) is 30.0 Å². The Morgan fingerprint density at radius 1 is 1.32 bits per heavy atom. The summed E-state index contributed by atoms with van der Waals surface area (Å²) < 4.78 is 37.4. The minimum Gasteiger partial charge on any atom is -0.477 e. The summed E-state index contributed by atoms with van der Waals surface area (Å²) in [6, 6.07) is 4.13. The highest BCUT2D eigenvalue weighted by atomic mass is 19.4. The van der Waals surface area contributed by atoms with Gasteiger partial charge in [-0.2, -0.15) is 13.2 Å². The van der Waals surface area contributed by atoms with Crippen LogP contribution in [0.5, 0.6) is 0 Å². The van der Waals surface area contributed by atoms with Crippen molar-refractivity contribution in [3.63, 3.8) is 0 Å². The molecule has 1 aromatic rings. The fraction of sp³-hybridized carbons (Fsp3) is 0.167. The number of carbonyl (C=O) groups excluding carboxylic acids is 1. The van der Waals surface area contributed by atoms with Gasteiger partial charge in [-0.05, 0) is 23.8 Å². The monoisotopic (exact) mass is 273 g/mol. The average Bonchev–Trinajstić information content (AvgIpc) is 2.26. The maximum Gasteiger partial charge on any atom is 0.416 e. The van der Waals surface area contributed by atoms with E-state index in [1.807, 2.05) is 5.32 Å². The van der Waals surface area contributed by atoms with E-state index in [0.717, 1.165) is 31.2 Å². The summed E-state index contributed by atoms with van der Waals surface area (Å²) in [6.45, 7) is 1.10. The van der Waals surface area contributed by atoms with E-state index in [9.17, 15) is 22.8 Å². The number of hydrogen-bond acceptors (Lipinski definition) is 2. The number of nitrogens with one attached hydrogen (secondary N) is 1. The molecule has 0 saturated heterocycles. The number of carbonyl (C=O) groups is 2. The molecule has 0 aliphatic heterocycles. The minimum atomic E-state index is -4.51. The Balaban J connectivity index is 3.15. The molecule has 0 atom stereocenters. The van der Waals surface area contributed by atoms with E-state index in [-0.39, 0.29) is 5.56 Å². The molecule has 0 aliphatic carbocycles. The molecule has 1 rings (SSSR count). The van der Waals surface area contributed by atoms with Crippen molar-refractivity contribution < 1.29 is 27.9 Å². The third kappa shape index (κ3) is 4.46. The Kier molecular flexibility index (Phi) is 4.31. The van der Waals surface area contributed by atoms with Gasteiger partial charge >= 0.3 is 12.1 Å². The molecule has 19 heavy (non-hydrogen) atoms. The van der Waals surface area contributed by atoms with Crippen LogP contribution in [0.3, 0.4) is 0 Å². The molecule has 0 bridgehead atoms. The lowest BCUT2D eigenvalue weighted by Crippen LogP contribution is -2.24. The smallest absolute Gasteiger partial charge is 0.416 e. The predicted molar refractivity (Wildman–Crippen MR) is 60.9 cm³/mol. The Labute approximate surface area is 106 Å². The normalized spacial score (nSPS) is 12.1. The van der Waals surface area contributed by atoms with Gasteiger partial charge in [-0.1, -0.05) is 12.1 Å². The molecule has 0 radical (unpaired) electrons. The summed E-state index contributed by atoms with van der Waals surface area (Å²) in [6.07, 6.45) is -3.56. The summed E-state index contributed by atoms with van der Waals surface area (Å²) in [7, 11) is 0. The molecule has 7 heteroatoms. The second-order valence-electron chi connectivity index (χ2n) is 3.67.